The normalized spacial score (nSPS) is 19.0. The molecule has 1 fully saturated rings. The fourth-order valence-corrected chi connectivity index (χ4v) is 3.81. The van der Waals surface area contributed by atoms with Crippen LogP contribution in [0.4, 0.5) is 0 Å². The number of carboxylic acids is 1. The maximum Gasteiger partial charge on any atom is 0.308 e. The van der Waals surface area contributed by atoms with Gasteiger partial charge in [-0.15, -0.1) is 0 Å². The SMILES string of the molecule is Cc1[nH]c(-c2ccccc2)nc1C(=O)N1CC(C(=O)O)C(c2ccccc2)C1. The second-order valence-electron chi connectivity index (χ2n) is 7.10. The van der Waals surface area contributed by atoms with E-state index in [2.05, 4.69) is 9.97 Å². The molecule has 3 aromatic rings. The molecule has 0 saturated carbocycles. The zero-order chi connectivity index (χ0) is 19.7. The lowest BCUT2D eigenvalue weighted by Gasteiger charge is -2.15. The number of aromatic amines is 1. The summed E-state index contributed by atoms with van der Waals surface area (Å²) < 4.78 is 0. The average Bonchev–Trinajstić information content (AvgIpc) is 3.33. The van der Waals surface area contributed by atoms with Crippen molar-refractivity contribution < 1.29 is 14.7 Å². The molecule has 1 aromatic heterocycles. The van der Waals surface area contributed by atoms with Gasteiger partial charge in [0, 0.05) is 30.3 Å². The first-order valence-corrected chi connectivity index (χ1v) is 9.23. The van der Waals surface area contributed by atoms with Crippen molar-refractivity contribution in [2.45, 2.75) is 12.8 Å². The molecule has 2 atom stereocenters. The molecular weight excluding hydrogens is 354 g/mol. The Hall–Kier alpha value is -3.41. The van der Waals surface area contributed by atoms with E-state index in [0.717, 1.165) is 11.1 Å². The molecule has 1 saturated heterocycles. The Labute approximate surface area is 162 Å². The topological polar surface area (TPSA) is 86.3 Å². The number of aliphatic carboxylic acids is 1. The number of carbonyl (C=O) groups is 2. The number of amides is 1. The zero-order valence-corrected chi connectivity index (χ0v) is 15.5. The van der Waals surface area contributed by atoms with Crippen molar-refractivity contribution in [3.63, 3.8) is 0 Å². The van der Waals surface area contributed by atoms with Gasteiger partial charge in [0.15, 0.2) is 0 Å². The van der Waals surface area contributed by atoms with Gasteiger partial charge in [0.1, 0.15) is 11.5 Å². The Balaban J connectivity index is 1.60. The standard InChI is InChI=1S/C22H21N3O3/c1-14-19(24-20(23-14)16-10-6-3-7-11-16)21(26)25-12-17(18(13-25)22(27)28)15-8-4-2-5-9-15/h2-11,17-18H,12-13H2,1H3,(H,23,24)(H,27,28). The largest absolute Gasteiger partial charge is 0.481 e. The third-order valence-corrected chi connectivity index (χ3v) is 5.29. The first-order chi connectivity index (χ1) is 13.5. The first-order valence-electron chi connectivity index (χ1n) is 9.23. The lowest BCUT2D eigenvalue weighted by Crippen LogP contribution is -2.30. The Morgan fingerprint density at radius 1 is 1.04 bits per heavy atom. The third kappa shape index (κ3) is 3.29. The summed E-state index contributed by atoms with van der Waals surface area (Å²) in [7, 11) is 0. The fourth-order valence-electron chi connectivity index (χ4n) is 3.81. The highest BCUT2D eigenvalue weighted by atomic mass is 16.4. The minimum absolute atomic E-state index is 0.181. The van der Waals surface area contributed by atoms with Crippen molar-refractivity contribution >= 4 is 11.9 Å². The van der Waals surface area contributed by atoms with Gasteiger partial charge < -0.3 is 15.0 Å². The monoisotopic (exact) mass is 375 g/mol. The second-order valence-corrected chi connectivity index (χ2v) is 7.10. The summed E-state index contributed by atoms with van der Waals surface area (Å²) in [5.74, 6) is -1.33. The van der Waals surface area contributed by atoms with Gasteiger partial charge in [0.05, 0.1) is 5.92 Å². The quantitative estimate of drug-likeness (QED) is 0.732. The van der Waals surface area contributed by atoms with Crippen LogP contribution in [0.2, 0.25) is 0 Å². The van der Waals surface area contributed by atoms with Gasteiger partial charge in [-0.1, -0.05) is 60.7 Å². The molecule has 2 unspecified atom stereocenters. The van der Waals surface area contributed by atoms with Crippen LogP contribution in [0.1, 0.15) is 27.7 Å². The van der Waals surface area contributed by atoms with E-state index in [1.165, 1.54) is 0 Å². The number of carbonyl (C=O) groups excluding carboxylic acids is 1. The minimum atomic E-state index is -0.882. The first kappa shape index (κ1) is 18.0. The Bertz CT molecular complexity index is 998. The molecule has 0 spiro atoms. The number of H-pyrrole nitrogens is 1. The maximum absolute atomic E-state index is 13.1. The van der Waals surface area contributed by atoms with E-state index in [-0.39, 0.29) is 18.4 Å². The van der Waals surface area contributed by atoms with E-state index < -0.39 is 11.9 Å². The molecule has 6 heteroatoms. The van der Waals surface area contributed by atoms with Gasteiger partial charge in [0.25, 0.3) is 5.91 Å². The number of aromatic nitrogens is 2. The molecule has 1 aliphatic heterocycles. The molecule has 1 amide bonds. The smallest absolute Gasteiger partial charge is 0.308 e. The number of aryl methyl sites for hydroxylation is 1. The summed E-state index contributed by atoms with van der Waals surface area (Å²) in [4.78, 5) is 34.2. The number of carboxylic acid groups (broad SMARTS) is 1. The molecule has 4 rings (SSSR count). The molecule has 28 heavy (non-hydrogen) atoms. The number of nitrogens with zero attached hydrogens (tertiary/aromatic N) is 2. The van der Waals surface area contributed by atoms with Crippen LogP contribution < -0.4 is 0 Å². The second kappa shape index (κ2) is 7.31. The number of hydrogen-bond donors (Lipinski definition) is 2. The molecule has 0 radical (unpaired) electrons. The van der Waals surface area contributed by atoms with Crippen molar-refractivity contribution in [2.75, 3.05) is 13.1 Å². The summed E-state index contributed by atoms with van der Waals surface area (Å²) in [5, 5.41) is 9.66. The highest BCUT2D eigenvalue weighted by molar-refractivity contribution is 5.95. The molecule has 142 valence electrons. The van der Waals surface area contributed by atoms with Gasteiger partial charge in [-0.25, -0.2) is 4.98 Å². The number of rotatable bonds is 4. The average molecular weight is 375 g/mol. The van der Waals surface area contributed by atoms with Crippen LogP contribution in [0.3, 0.4) is 0 Å². The number of nitrogens with one attached hydrogen (secondary N) is 1. The Morgan fingerprint density at radius 3 is 2.32 bits per heavy atom. The van der Waals surface area contributed by atoms with Crippen molar-refractivity contribution in [2.24, 2.45) is 5.92 Å². The molecule has 0 bridgehead atoms. The molecule has 0 aliphatic carbocycles. The number of hydrogen-bond acceptors (Lipinski definition) is 3. The highest BCUT2D eigenvalue weighted by Gasteiger charge is 2.41. The van der Waals surface area contributed by atoms with E-state index in [9.17, 15) is 14.7 Å². The van der Waals surface area contributed by atoms with Crippen molar-refractivity contribution in [1.82, 2.24) is 14.9 Å². The number of benzene rings is 2. The molecule has 2 heterocycles. The van der Waals surface area contributed by atoms with Crippen LogP contribution in [0, 0.1) is 12.8 Å². The van der Waals surface area contributed by atoms with Crippen LogP contribution in [0.5, 0.6) is 0 Å². The predicted molar refractivity (Wildman–Crippen MR) is 105 cm³/mol. The highest BCUT2D eigenvalue weighted by Crippen LogP contribution is 2.34. The van der Waals surface area contributed by atoms with Crippen molar-refractivity contribution in [1.29, 1.82) is 0 Å². The van der Waals surface area contributed by atoms with Gasteiger partial charge in [-0.3, -0.25) is 9.59 Å². The van der Waals surface area contributed by atoms with Gasteiger partial charge in [-0.05, 0) is 12.5 Å². The Morgan fingerprint density at radius 2 is 1.68 bits per heavy atom. The zero-order valence-electron chi connectivity index (χ0n) is 15.5. The van der Waals surface area contributed by atoms with Crippen LogP contribution in [0.25, 0.3) is 11.4 Å². The van der Waals surface area contributed by atoms with Crippen LogP contribution in [-0.2, 0) is 4.79 Å². The van der Waals surface area contributed by atoms with Gasteiger partial charge in [0.2, 0.25) is 0 Å². The van der Waals surface area contributed by atoms with Crippen LogP contribution in [-0.4, -0.2) is 44.9 Å². The molecule has 1 aliphatic rings. The van der Waals surface area contributed by atoms with E-state index in [1.54, 1.807) is 4.90 Å². The van der Waals surface area contributed by atoms with E-state index >= 15 is 0 Å². The maximum atomic E-state index is 13.1. The van der Waals surface area contributed by atoms with Gasteiger partial charge >= 0.3 is 5.97 Å². The van der Waals surface area contributed by atoms with E-state index in [4.69, 9.17) is 0 Å². The van der Waals surface area contributed by atoms with Crippen LogP contribution in [0.15, 0.2) is 60.7 Å². The van der Waals surface area contributed by atoms with Crippen molar-refractivity contribution in [3.8, 4) is 11.4 Å². The van der Waals surface area contributed by atoms with Crippen LogP contribution >= 0.6 is 0 Å². The van der Waals surface area contributed by atoms with Gasteiger partial charge in [-0.2, -0.15) is 0 Å². The van der Waals surface area contributed by atoms with E-state index in [1.807, 2.05) is 67.6 Å². The van der Waals surface area contributed by atoms with E-state index in [0.29, 0.717) is 23.8 Å². The number of imidazole rings is 1. The summed E-state index contributed by atoms with van der Waals surface area (Å²) in [6.45, 7) is 2.36. The summed E-state index contributed by atoms with van der Waals surface area (Å²) in [6.07, 6.45) is 0. The summed E-state index contributed by atoms with van der Waals surface area (Å²) >= 11 is 0. The molecular formula is C22H21N3O3. The third-order valence-electron chi connectivity index (χ3n) is 5.29. The number of likely N-dealkylation sites (tertiary alicyclic amines) is 1. The predicted octanol–water partition coefficient (Wildman–Crippen LogP) is 3.33. The fraction of sp³-hybridized carbons (Fsp3) is 0.227. The minimum Gasteiger partial charge on any atom is -0.481 e. The lowest BCUT2D eigenvalue weighted by atomic mass is 9.89. The molecule has 6 nitrogen and oxygen atoms in total. The molecule has 2 aromatic carbocycles. The summed E-state index contributed by atoms with van der Waals surface area (Å²) in [6, 6.07) is 19.1. The Kier molecular flexibility index (Phi) is 4.69. The lowest BCUT2D eigenvalue weighted by molar-refractivity contribution is -0.141. The summed E-state index contributed by atoms with van der Waals surface area (Å²) in [5.41, 5.74) is 2.86. The molecule has 2 N–H and O–H groups in total. The van der Waals surface area contributed by atoms with Crippen molar-refractivity contribution in [3.05, 3.63) is 77.6 Å².